The van der Waals surface area contributed by atoms with Crippen LogP contribution in [0.3, 0.4) is 0 Å². The molecule has 0 unspecified atom stereocenters. The first-order valence-electron chi connectivity index (χ1n) is 5.04. The molecule has 1 aromatic carbocycles. The predicted octanol–water partition coefficient (Wildman–Crippen LogP) is 0.284. The molecule has 0 saturated carbocycles. The first-order chi connectivity index (χ1) is 7.25. The highest BCUT2D eigenvalue weighted by atomic mass is 16.3. The molecule has 0 aromatic heterocycles. The van der Waals surface area contributed by atoms with Gasteiger partial charge in [-0.25, -0.2) is 4.58 Å². The van der Waals surface area contributed by atoms with E-state index >= 15 is 0 Å². The van der Waals surface area contributed by atoms with Gasteiger partial charge < -0.3 is 10.2 Å². The van der Waals surface area contributed by atoms with Crippen molar-refractivity contribution in [3.05, 3.63) is 23.8 Å². The molecule has 80 valence electrons. The van der Waals surface area contributed by atoms with Crippen molar-refractivity contribution < 1.29 is 14.8 Å². The maximum atomic E-state index is 9.27. The van der Waals surface area contributed by atoms with Gasteiger partial charge in [-0.05, 0) is 24.1 Å². The molecular weight excluding hydrogens is 192 g/mol. The van der Waals surface area contributed by atoms with Gasteiger partial charge in [-0.1, -0.05) is 6.07 Å². The van der Waals surface area contributed by atoms with E-state index < -0.39 is 0 Å². The number of phenols is 2. The standard InChI is InChI=1S/C11H14N2O2/c14-10-2-1-9(7-11(10)15)3-4-12-8-13-5-6-13/h1-2,5,7,12H,3-4,6,8H2,(H-,14,15)/p+1. The van der Waals surface area contributed by atoms with Crippen molar-refractivity contribution in [2.45, 2.75) is 6.42 Å². The summed E-state index contributed by atoms with van der Waals surface area (Å²) in [7, 11) is 0. The molecule has 4 nitrogen and oxygen atoms in total. The van der Waals surface area contributed by atoms with E-state index in [1.165, 1.54) is 6.07 Å². The molecule has 0 fully saturated rings. The van der Waals surface area contributed by atoms with Crippen LogP contribution in [-0.4, -0.2) is 40.8 Å². The van der Waals surface area contributed by atoms with Crippen molar-refractivity contribution in [2.75, 3.05) is 19.8 Å². The zero-order valence-electron chi connectivity index (χ0n) is 8.48. The summed E-state index contributed by atoms with van der Waals surface area (Å²) >= 11 is 0. The molecule has 4 heteroatoms. The fraction of sp³-hybridized carbons (Fsp3) is 0.364. The van der Waals surface area contributed by atoms with E-state index in [2.05, 4.69) is 16.1 Å². The lowest BCUT2D eigenvalue weighted by molar-refractivity contribution is -0.445. The van der Waals surface area contributed by atoms with Gasteiger partial charge in [0.2, 0.25) is 12.8 Å². The van der Waals surface area contributed by atoms with Crippen molar-refractivity contribution in [1.29, 1.82) is 0 Å². The van der Waals surface area contributed by atoms with Gasteiger partial charge in [0.05, 0.1) is 0 Å². The molecule has 0 atom stereocenters. The van der Waals surface area contributed by atoms with Crippen LogP contribution in [0.5, 0.6) is 11.5 Å². The molecule has 1 aliphatic heterocycles. The van der Waals surface area contributed by atoms with Crippen LogP contribution in [0.2, 0.25) is 0 Å². The van der Waals surface area contributed by atoms with E-state index in [4.69, 9.17) is 5.11 Å². The maximum Gasteiger partial charge on any atom is 0.219 e. The molecule has 3 N–H and O–H groups in total. The maximum absolute atomic E-state index is 9.27. The van der Waals surface area contributed by atoms with E-state index in [1.807, 2.05) is 6.07 Å². The average Bonchev–Trinajstić information content (AvgIpc) is 3.02. The summed E-state index contributed by atoms with van der Waals surface area (Å²) in [5.74, 6) is -0.114. The molecule has 0 radical (unpaired) electrons. The Morgan fingerprint density at radius 2 is 2.07 bits per heavy atom. The zero-order chi connectivity index (χ0) is 10.7. The van der Waals surface area contributed by atoms with Crippen LogP contribution in [0, 0.1) is 0 Å². The van der Waals surface area contributed by atoms with E-state index in [1.54, 1.807) is 6.07 Å². The van der Waals surface area contributed by atoms with Gasteiger partial charge in [0.15, 0.2) is 18.2 Å². The van der Waals surface area contributed by atoms with Gasteiger partial charge in [0, 0.05) is 6.54 Å². The van der Waals surface area contributed by atoms with Crippen LogP contribution < -0.4 is 5.32 Å². The Balaban J connectivity index is 1.76. The number of hydrogen-bond acceptors (Lipinski definition) is 3. The molecule has 1 aliphatic rings. The summed E-state index contributed by atoms with van der Waals surface area (Å²) in [5, 5.41) is 21.7. The molecule has 1 heterocycles. The molecular formula is C11H15N2O2+. The smallest absolute Gasteiger partial charge is 0.219 e. The number of nitrogens with one attached hydrogen (secondary N) is 1. The van der Waals surface area contributed by atoms with Gasteiger partial charge >= 0.3 is 0 Å². The normalized spacial score (nSPS) is 13.7. The summed E-state index contributed by atoms with van der Waals surface area (Å²) < 4.78 is 2.17. The largest absolute Gasteiger partial charge is 0.504 e. The monoisotopic (exact) mass is 207 g/mol. The topological polar surface area (TPSA) is 55.5 Å². The van der Waals surface area contributed by atoms with Crippen molar-refractivity contribution in [1.82, 2.24) is 5.32 Å². The number of phenolic OH excluding ortho intramolecular Hbond substituents is 2. The highest BCUT2D eigenvalue weighted by Crippen LogP contribution is 2.24. The average molecular weight is 207 g/mol. The van der Waals surface area contributed by atoms with E-state index in [-0.39, 0.29) is 11.5 Å². The first kappa shape index (κ1) is 9.98. The Morgan fingerprint density at radius 3 is 2.73 bits per heavy atom. The van der Waals surface area contributed by atoms with Crippen LogP contribution in [0.15, 0.2) is 18.2 Å². The second-order valence-corrected chi connectivity index (χ2v) is 3.69. The molecule has 15 heavy (non-hydrogen) atoms. The molecule has 0 spiro atoms. The van der Waals surface area contributed by atoms with E-state index in [0.29, 0.717) is 0 Å². The van der Waals surface area contributed by atoms with Crippen LogP contribution in [-0.2, 0) is 6.42 Å². The Bertz CT molecular complexity index is 388. The molecule has 0 amide bonds. The van der Waals surface area contributed by atoms with Gasteiger partial charge in [-0.3, -0.25) is 5.32 Å². The number of aromatic hydroxyl groups is 2. The van der Waals surface area contributed by atoms with Gasteiger partial charge in [0.1, 0.15) is 0 Å². The number of benzene rings is 1. The van der Waals surface area contributed by atoms with Crippen molar-refractivity contribution >= 4 is 6.21 Å². The van der Waals surface area contributed by atoms with E-state index in [9.17, 15) is 5.11 Å². The predicted molar refractivity (Wildman–Crippen MR) is 57.5 cm³/mol. The van der Waals surface area contributed by atoms with Crippen LogP contribution in [0.1, 0.15) is 5.56 Å². The van der Waals surface area contributed by atoms with Crippen LogP contribution >= 0.6 is 0 Å². The first-order valence-corrected chi connectivity index (χ1v) is 5.04. The fourth-order valence-electron chi connectivity index (χ4n) is 1.37. The SMILES string of the molecule is Oc1ccc(CCNC[N+]2=CC2)cc1O. The van der Waals surface area contributed by atoms with Crippen molar-refractivity contribution in [3.8, 4) is 11.5 Å². The highest BCUT2D eigenvalue weighted by Gasteiger charge is 2.14. The minimum atomic E-state index is -0.0644. The minimum Gasteiger partial charge on any atom is -0.504 e. The van der Waals surface area contributed by atoms with E-state index in [0.717, 1.165) is 31.7 Å². The van der Waals surface area contributed by atoms with Gasteiger partial charge in [-0.2, -0.15) is 0 Å². The summed E-state index contributed by atoms with van der Waals surface area (Å²) in [6.45, 7) is 2.84. The summed E-state index contributed by atoms with van der Waals surface area (Å²) in [6, 6.07) is 4.93. The minimum absolute atomic E-state index is 0.0493. The number of nitrogens with zero attached hydrogens (tertiary/aromatic N) is 1. The summed E-state index contributed by atoms with van der Waals surface area (Å²) in [6.07, 6.45) is 2.97. The summed E-state index contributed by atoms with van der Waals surface area (Å²) in [4.78, 5) is 0. The quantitative estimate of drug-likeness (QED) is 0.369. The van der Waals surface area contributed by atoms with Gasteiger partial charge in [0.25, 0.3) is 0 Å². The lowest BCUT2D eigenvalue weighted by Crippen LogP contribution is -2.22. The fourth-order valence-corrected chi connectivity index (χ4v) is 1.37. The second-order valence-electron chi connectivity index (χ2n) is 3.69. The molecule has 2 rings (SSSR count). The van der Waals surface area contributed by atoms with Crippen molar-refractivity contribution in [3.63, 3.8) is 0 Å². The van der Waals surface area contributed by atoms with Crippen LogP contribution in [0.25, 0.3) is 0 Å². The van der Waals surface area contributed by atoms with Crippen molar-refractivity contribution in [2.24, 2.45) is 0 Å². The Morgan fingerprint density at radius 1 is 1.27 bits per heavy atom. The lowest BCUT2D eigenvalue weighted by Gasteiger charge is -2.03. The molecule has 0 saturated heterocycles. The van der Waals surface area contributed by atoms with Crippen LogP contribution in [0.4, 0.5) is 0 Å². The third kappa shape index (κ3) is 2.95. The third-order valence-corrected chi connectivity index (χ3v) is 2.39. The second kappa shape index (κ2) is 4.31. The summed E-state index contributed by atoms with van der Waals surface area (Å²) in [5.41, 5.74) is 1.02. The number of rotatable bonds is 5. The number of hydrogen-bond donors (Lipinski definition) is 3. The zero-order valence-corrected chi connectivity index (χ0v) is 8.48. The Hall–Kier alpha value is -1.55. The molecule has 0 aliphatic carbocycles. The highest BCUT2D eigenvalue weighted by molar-refractivity contribution is 5.60. The molecule has 1 aromatic rings. The Labute approximate surface area is 88.5 Å². The third-order valence-electron chi connectivity index (χ3n) is 2.39. The van der Waals surface area contributed by atoms with Gasteiger partial charge in [-0.15, -0.1) is 0 Å². The Kier molecular flexibility index (Phi) is 2.87. The lowest BCUT2D eigenvalue weighted by atomic mass is 10.1. The molecule has 0 bridgehead atoms.